The fourth-order valence-corrected chi connectivity index (χ4v) is 8.64. The van der Waals surface area contributed by atoms with Gasteiger partial charge in [-0.3, -0.25) is 4.90 Å². The number of alkyl halides is 1. The van der Waals surface area contributed by atoms with Crippen LogP contribution in [0.2, 0.25) is 0 Å². The molecule has 12 nitrogen and oxygen atoms in total. The van der Waals surface area contributed by atoms with E-state index < -0.39 is 17.5 Å². The van der Waals surface area contributed by atoms with Crippen molar-refractivity contribution in [3.05, 3.63) is 39.6 Å². The maximum Gasteiger partial charge on any atom is 0.323 e. The first kappa shape index (κ1) is 28.9. The number of thiophene rings is 1. The summed E-state index contributed by atoms with van der Waals surface area (Å²) in [4.78, 5) is 24.9. The van der Waals surface area contributed by atoms with Gasteiger partial charge < -0.3 is 31.1 Å². The summed E-state index contributed by atoms with van der Waals surface area (Å²) in [5.41, 5.74) is 13.3. The third kappa shape index (κ3) is 4.76. The third-order valence-electron chi connectivity index (χ3n) is 9.61. The first-order chi connectivity index (χ1) is 21.2. The van der Waals surface area contributed by atoms with Gasteiger partial charge in [0.1, 0.15) is 35.5 Å². The molecule has 7 rings (SSSR count). The fourth-order valence-electron chi connectivity index (χ4n) is 7.50. The van der Waals surface area contributed by atoms with Crippen LogP contribution in [0.5, 0.6) is 6.01 Å². The number of aromatic nitrogens is 4. The molecule has 44 heavy (non-hydrogen) atoms. The molecule has 4 aliphatic rings. The maximum absolute atomic E-state index is 14.8. The quantitative estimate of drug-likeness (QED) is 0.318. The minimum absolute atomic E-state index is 0.0335. The van der Waals surface area contributed by atoms with Crippen molar-refractivity contribution in [3.63, 3.8) is 0 Å². The summed E-state index contributed by atoms with van der Waals surface area (Å²) in [7, 11) is 0. The van der Waals surface area contributed by atoms with Crippen molar-refractivity contribution in [2.24, 2.45) is 0 Å². The summed E-state index contributed by atoms with van der Waals surface area (Å²) >= 11 is 1.49. The van der Waals surface area contributed by atoms with Crippen LogP contribution in [0.4, 0.5) is 31.5 Å². The Hall–Kier alpha value is -3.87. The number of nitrogens with zero attached hydrogens (tertiary/aromatic N) is 8. The van der Waals surface area contributed by atoms with Gasteiger partial charge in [0.05, 0.1) is 24.3 Å². The number of ether oxygens (including phenoxy) is 1. The highest BCUT2D eigenvalue weighted by molar-refractivity contribution is 7.16. The van der Waals surface area contributed by atoms with E-state index in [1.54, 1.807) is 4.90 Å². The number of hydrogen-bond acceptors (Lipinski definition) is 13. The van der Waals surface area contributed by atoms with Gasteiger partial charge in [-0.25, -0.2) is 13.8 Å². The standard InChI is InChI=1S/C29H34F2N10O2S/c30-17-10-29(4-1-7-41(29)12-17)16-43-27-37-25(39(8-9-42)13-19-20(31)3-6-35-23(19)33)36-26(38-27)40-14-28(15-40)5-2-21-22(28)18(11-32)24(34)44-21/h3,6,17,42H,1-2,4-5,7-10,12-16,34H2,(H2,33,35)/t17-,29+/m1/s1. The summed E-state index contributed by atoms with van der Waals surface area (Å²) in [5, 5.41) is 20.3. The van der Waals surface area contributed by atoms with E-state index in [1.165, 1.54) is 23.6 Å². The Morgan fingerprint density at radius 2 is 2.09 bits per heavy atom. The molecule has 0 bridgehead atoms. The van der Waals surface area contributed by atoms with Crippen LogP contribution >= 0.6 is 11.3 Å². The van der Waals surface area contributed by atoms with Crippen LogP contribution < -0.4 is 26.0 Å². The molecule has 3 saturated heterocycles. The Kier molecular flexibility index (Phi) is 7.18. The van der Waals surface area contributed by atoms with Gasteiger partial charge in [-0.05, 0) is 43.9 Å². The molecule has 1 spiro atoms. The zero-order chi connectivity index (χ0) is 30.6. The average molecular weight is 625 g/mol. The largest absolute Gasteiger partial charge is 0.461 e. The molecule has 0 aromatic carbocycles. The number of hydrogen-bond donors (Lipinski definition) is 3. The highest BCUT2D eigenvalue weighted by Gasteiger charge is 2.52. The van der Waals surface area contributed by atoms with Gasteiger partial charge in [0.15, 0.2) is 0 Å². The lowest BCUT2D eigenvalue weighted by Gasteiger charge is -2.48. The summed E-state index contributed by atoms with van der Waals surface area (Å²) in [6.45, 7) is 2.42. The Morgan fingerprint density at radius 1 is 1.25 bits per heavy atom. The molecule has 3 fully saturated rings. The molecule has 232 valence electrons. The molecular formula is C29H34F2N10O2S. The summed E-state index contributed by atoms with van der Waals surface area (Å²) in [6.07, 6.45) is 4.36. The molecular weight excluding hydrogens is 590 g/mol. The molecule has 0 saturated carbocycles. The molecule has 0 unspecified atom stereocenters. The zero-order valence-corrected chi connectivity index (χ0v) is 25.0. The molecule has 3 aliphatic heterocycles. The smallest absolute Gasteiger partial charge is 0.323 e. The number of nitrogen functional groups attached to an aromatic ring is 2. The Morgan fingerprint density at radius 3 is 2.86 bits per heavy atom. The molecule has 6 heterocycles. The van der Waals surface area contributed by atoms with Gasteiger partial charge in [0, 0.05) is 54.7 Å². The lowest BCUT2D eigenvalue weighted by Crippen LogP contribution is -2.59. The zero-order valence-electron chi connectivity index (χ0n) is 24.2. The minimum Gasteiger partial charge on any atom is -0.461 e. The molecule has 3 aromatic heterocycles. The number of fused-ring (bicyclic) bond motifs is 3. The lowest BCUT2D eigenvalue weighted by atomic mass is 9.74. The van der Waals surface area contributed by atoms with Crippen LogP contribution in [-0.4, -0.2) is 87.6 Å². The second kappa shape index (κ2) is 10.9. The van der Waals surface area contributed by atoms with Crippen LogP contribution in [0.1, 0.15) is 47.3 Å². The first-order valence-corrected chi connectivity index (χ1v) is 15.7. The molecule has 2 atom stereocenters. The van der Waals surface area contributed by atoms with Crippen LogP contribution in [0, 0.1) is 17.1 Å². The van der Waals surface area contributed by atoms with E-state index in [4.69, 9.17) is 21.2 Å². The van der Waals surface area contributed by atoms with Crippen molar-refractivity contribution in [2.45, 2.75) is 55.8 Å². The van der Waals surface area contributed by atoms with E-state index in [-0.39, 0.29) is 55.1 Å². The second-order valence-corrected chi connectivity index (χ2v) is 13.4. The van der Waals surface area contributed by atoms with Crippen molar-refractivity contribution in [1.29, 1.82) is 5.26 Å². The Bertz CT molecular complexity index is 1610. The van der Waals surface area contributed by atoms with Gasteiger partial charge in [-0.2, -0.15) is 20.2 Å². The number of nitrogens with two attached hydrogens (primary N) is 2. The Balaban J connectivity index is 1.20. The maximum atomic E-state index is 14.8. The van der Waals surface area contributed by atoms with Gasteiger partial charge in [-0.15, -0.1) is 11.3 Å². The number of halogens is 2. The average Bonchev–Trinajstić information content (AvgIpc) is 3.70. The van der Waals surface area contributed by atoms with E-state index in [0.717, 1.165) is 42.7 Å². The van der Waals surface area contributed by atoms with Gasteiger partial charge in [0.2, 0.25) is 11.9 Å². The molecule has 15 heteroatoms. The van der Waals surface area contributed by atoms with Crippen molar-refractivity contribution in [1.82, 2.24) is 24.8 Å². The lowest BCUT2D eigenvalue weighted by molar-refractivity contribution is 0.107. The van der Waals surface area contributed by atoms with Crippen molar-refractivity contribution in [3.8, 4) is 12.1 Å². The summed E-state index contributed by atoms with van der Waals surface area (Å²) in [6, 6.07) is 3.59. The molecule has 0 radical (unpaired) electrons. The van der Waals surface area contributed by atoms with E-state index in [0.29, 0.717) is 42.6 Å². The minimum atomic E-state index is -0.902. The van der Waals surface area contributed by atoms with E-state index in [2.05, 4.69) is 25.9 Å². The van der Waals surface area contributed by atoms with Gasteiger partial charge in [-0.1, -0.05) is 0 Å². The SMILES string of the molecule is N#Cc1c(N)sc2c1C1(CC2)CN(c2nc(OC[C@@]34CCCN3C[C@H](F)C4)nc(N(CCO)Cc3c(F)ccnc3N)n2)C1. The summed E-state index contributed by atoms with van der Waals surface area (Å²) < 4.78 is 35.4. The molecule has 1 aliphatic carbocycles. The summed E-state index contributed by atoms with van der Waals surface area (Å²) in [5.74, 6) is 0.0524. The van der Waals surface area contributed by atoms with Gasteiger partial charge in [0.25, 0.3) is 0 Å². The number of aryl methyl sites for hydroxylation is 1. The number of anilines is 4. The number of pyridine rings is 1. The van der Waals surface area contributed by atoms with Crippen molar-refractivity contribution >= 4 is 34.1 Å². The predicted molar refractivity (Wildman–Crippen MR) is 161 cm³/mol. The van der Waals surface area contributed by atoms with E-state index >= 15 is 0 Å². The van der Waals surface area contributed by atoms with Crippen LogP contribution in [0.15, 0.2) is 12.3 Å². The van der Waals surface area contributed by atoms with Crippen molar-refractivity contribution < 1.29 is 18.6 Å². The fraction of sp³-hybridized carbons (Fsp3) is 0.552. The molecule has 3 aromatic rings. The normalized spacial score (nSPS) is 23.4. The highest BCUT2D eigenvalue weighted by Crippen LogP contribution is 2.52. The third-order valence-corrected chi connectivity index (χ3v) is 10.7. The molecule has 5 N–H and O–H groups in total. The number of aliphatic hydroxyl groups is 1. The number of nitriles is 1. The van der Waals surface area contributed by atoms with Crippen LogP contribution in [0.3, 0.4) is 0 Å². The number of aliphatic hydroxyl groups excluding tert-OH is 1. The number of rotatable bonds is 9. The molecule has 0 amide bonds. The topological polar surface area (TPSA) is 167 Å². The first-order valence-electron chi connectivity index (χ1n) is 14.8. The second-order valence-electron chi connectivity index (χ2n) is 12.3. The monoisotopic (exact) mass is 624 g/mol. The van der Waals surface area contributed by atoms with E-state index in [1.807, 2.05) is 4.90 Å². The van der Waals surface area contributed by atoms with E-state index in [9.17, 15) is 19.1 Å². The van der Waals surface area contributed by atoms with Crippen LogP contribution in [0.25, 0.3) is 0 Å². The van der Waals surface area contributed by atoms with Crippen LogP contribution in [-0.2, 0) is 18.4 Å². The van der Waals surface area contributed by atoms with Gasteiger partial charge >= 0.3 is 6.01 Å². The van der Waals surface area contributed by atoms with Crippen molar-refractivity contribution in [2.75, 3.05) is 67.2 Å². The predicted octanol–water partition coefficient (Wildman–Crippen LogP) is 2.16. The Labute approximate surface area is 257 Å². The highest BCUT2D eigenvalue weighted by atomic mass is 32.1.